The van der Waals surface area contributed by atoms with Crippen LogP contribution in [0.15, 0.2) is 72.9 Å². The van der Waals surface area contributed by atoms with E-state index in [1.807, 2.05) is 21.1 Å². The molecule has 0 aromatic carbocycles. The normalized spacial score (nSPS) is 17.9. The zero-order valence-electron chi connectivity index (χ0n) is 36.2. The maximum atomic E-state index is 12.7. The van der Waals surface area contributed by atoms with Gasteiger partial charge in [-0.1, -0.05) is 119 Å². The molecule has 4 atom stereocenters. The van der Waals surface area contributed by atoms with E-state index in [0.717, 1.165) is 83.5 Å². The monoisotopic (exact) mass is 820 g/mol. The van der Waals surface area contributed by atoms with Crippen LogP contribution in [0.25, 0.3) is 0 Å². The van der Waals surface area contributed by atoms with E-state index < -0.39 is 32.5 Å². The van der Waals surface area contributed by atoms with E-state index in [0.29, 0.717) is 23.9 Å². The number of carbonyl (C=O) groups excluding carboxylic acids is 2. The van der Waals surface area contributed by atoms with Crippen LogP contribution in [0.2, 0.25) is 0 Å². The van der Waals surface area contributed by atoms with Crippen LogP contribution in [-0.4, -0.2) is 82.2 Å². The Kier molecular flexibility index (Phi) is 31.5. The first kappa shape index (κ1) is 52.4. The van der Waals surface area contributed by atoms with Crippen molar-refractivity contribution < 1.29 is 46.8 Å². The fourth-order valence-corrected chi connectivity index (χ4v) is 6.36. The van der Waals surface area contributed by atoms with Crippen molar-refractivity contribution in [3.8, 4) is 0 Å². The van der Waals surface area contributed by atoms with E-state index in [-0.39, 0.29) is 38.3 Å². The highest BCUT2D eigenvalue weighted by Gasteiger charge is 2.36. The van der Waals surface area contributed by atoms with Gasteiger partial charge in [0.25, 0.3) is 7.82 Å². The standard InChI is InChI=1S/C46H78NO9P/c1-6-8-10-12-14-16-18-20-21-22-24-26-28-30-32-36-46(49)55-42(41-54-57(50,51)53-39-38-47(3,4)5)40-52-45(48)37-33-35-44-43(56-44)34-31-29-27-25-23-19-17-15-13-11-9-7-2/h8,10,14-17,20-21,23,25,29,31,42-44H,6-7,9,11-13,18-19,22,24,26-28,30,32-41H2,1-5H3/b10-8-,16-14-,17-15-,21-20-,25-23-,31-29-/t42-,43?,44?/m1/s1. The van der Waals surface area contributed by atoms with Crippen molar-refractivity contribution in [3.63, 3.8) is 0 Å². The molecule has 1 aliphatic heterocycles. The second kappa shape index (κ2) is 34.3. The molecular weight excluding hydrogens is 741 g/mol. The van der Waals surface area contributed by atoms with Gasteiger partial charge in [0.15, 0.2) is 6.10 Å². The van der Waals surface area contributed by atoms with Crippen LogP contribution in [-0.2, 0) is 37.4 Å². The van der Waals surface area contributed by atoms with Gasteiger partial charge in [-0.2, -0.15) is 0 Å². The third-order valence-corrected chi connectivity index (χ3v) is 10.1. The Balaban J connectivity index is 2.36. The molecule has 3 unspecified atom stereocenters. The third-order valence-electron chi connectivity index (χ3n) is 9.13. The summed E-state index contributed by atoms with van der Waals surface area (Å²) in [6, 6.07) is 0. The quantitative estimate of drug-likeness (QED) is 0.0150. The van der Waals surface area contributed by atoms with Crippen molar-refractivity contribution in [2.75, 3.05) is 47.5 Å². The lowest BCUT2D eigenvalue weighted by molar-refractivity contribution is -0.870. The number of nitrogens with zero attached hydrogens (tertiary/aromatic N) is 1. The molecule has 0 bridgehead atoms. The summed E-state index contributed by atoms with van der Waals surface area (Å²) in [4.78, 5) is 37.6. The minimum Gasteiger partial charge on any atom is -0.756 e. The van der Waals surface area contributed by atoms with Gasteiger partial charge in [-0.15, -0.1) is 0 Å². The lowest BCUT2D eigenvalue weighted by atomic mass is 10.1. The highest BCUT2D eigenvalue weighted by molar-refractivity contribution is 7.45. The Morgan fingerprint density at radius 1 is 0.667 bits per heavy atom. The SMILES string of the molecule is CC/C=C\C/C=C\C/C=C\CCCCCCCC(=O)O[C@H](COC(=O)CCCC1OC1C/C=C\C/C=C\C/C=C\CCCCC)COP(=O)([O-])OCC[N+](C)(C)C. The van der Waals surface area contributed by atoms with Crippen molar-refractivity contribution >= 4 is 19.8 Å². The van der Waals surface area contributed by atoms with Crippen molar-refractivity contribution in [3.05, 3.63) is 72.9 Å². The average Bonchev–Trinajstić information content (AvgIpc) is 3.91. The number of epoxide rings is 1. The van der Waals surface area contributed by atoms with Crippen LogP contribution in [0.3, 0.4) is 0 Å². The van der Waals surface area contributed by atoms with Crippen molar-refractivity contribution in [1.29, 1.82) is 0 Å². The molecule has 0 saturated carbocycles. The predicted octanol–water partition coefficient (Wildman–Crippen LogP) is 10.6. The van der Waals surface area contributed by atoms with Crippen LogP contribution >= 0.6 is 7.82 Å². The summed E-state index contributed by atoms with van der Waals surface area (Å²) in [6.07, 6.45) is 43.8. The topological polar surface area (TPSA) is 124 Å². The van der Waals surface area contributed by atoms with E-state index in [2.05, 4.69) is 86.8 Å². The molecule has 57 heavy (non-hydrogen) atoms. The number of phosphoric ester groups is 1. The van der Waals surface area contributed by atoms with Crippen molar-refractivity contribution in [2.24, 2.45) is 0 Å². The first-order valence-corrected chi connectivity index (χ1v) is 23.2. The van der Waals surface area contributed by atoms with Gasteiger partial charge in [0.05, 0.1) is 40.0 Å². The zero-order chi connectivity index (χ0) is 41.9. The number of hydrogen-bond donors (Lipinski definition) is 0. The summed E-state index contributed by atoms with van der Waals surface area (Å²) in [7, 11) is 1.10. The van der Waals surface area contributed by atoms with Crippen LogP contribution in [0.5, 0.6) is 0 Å². The second-order valence-corrected chi connectivity index (χ2v) is 17.1. The number of unbranched alkanes of at least 4 members (excludes halogenated alkanes) is 8. The number of rotatable bonds is 37. The van der Waals surface area contributed by atoms with Gasteiger partial charge in [0.1, 0.15) is 19.8 Å². The number of phosphoric acid groups is 1. The lowest BCUT2D eigenvalue weighted by Crippen LogP contribution is -2.37. The van der Waals surface area contributed by atoms with E-state index in [1.165, 1.54) is 19.3 Å². The predicted molar refractivity (Wildman–Crippen MR) is 230 cm³/mol. The molecular formula is C46H78NO9P. The average molecular weight is 820 g/mol. The summed E-state index contributed by atoms with van der Waals surface area (Å²) in [5.41, 5.74) is 0. The summed E-state index contributed by atoms with van der Waals surface area (Å²) in [5.74, 6) is -0.939. The van der Waals surface area contributed by atoms with Crippen molar-refractivity contribution in [2.45, 2.75) is 161 Å². The van der Waals surface area contributed by atoms with E-state index in [9.17, 15) is 19.0 Å². The van der Waals surface area contributed by atoms with Crippen LogP contribution in [0.1, 0.15) is 142 Å². The molecule has 1 heterocycles. The van der Waals surface area contributed by atoms with Gasteiger partial charge in [0.2, 0.25) is 0 Å². The minimum atomic E-state index is -4.65. The zero-order valence-corrected chi connectivity index (χ0v) is 37.1. The fourth-order valence-electron chi connectivity index (χ4n) is 5.64. The molecule has 0 amide bonds. The number of allylic oxidation sites excluding steroid dienone is 11. The first-order valence-electron chi connectivity index (χ1n) is 21.8. The van der Waals surface area contributed by atoms with Crippen molar-refractivity contribution in [1.82, 2.24) is 0 Å². The Morgan fingerprint density at radius 3 is 1.86 bits per heavy atom. The van der Waals surface area contributed by atoms with Crippen LogP contribution in [0, 0.1) is 0 Å². The Bertz CT molecular complexity index is 1270. The first-order chi connectivity index (χ1) is 27.5. The van der Waals surface area contributed by atoms with Gasteiger partial charge >= 0.3 is 11.9 Å². The molecule has 326 valence electrons. The molecule has 0 radical (unpaired) electrons. The summed E-state index contributed by atoms with van der Waals surface area (Å²) < 4.78 is 39.6. The molecule has 1 fully saturated rings. The lowest BCUT2D eigenvalue weighted by Gasteiger charge is -2.28. The molecule has 0 N–H and O–H groups in total. The summed E-state index contributed by atoms with van der Waals surface area (Å²) in [5, 5.41) is 0. The highest BCUT2D eigenvalue weighted by atomic mass is 31.2. The highest BCUT2D eigenvalue weighted by Crippen LogP contribution is 2.38. The molecule has 0 aliphatic carbocycles. The summed E-state index contributed by atoms with van der Waals surface area (Å²) in [6.45, 7) is 3.95. The van der Waals surface area contributed by atoms with Gasteiger partial charge in [0, 0.05) is 12.8 Å². The van der Waals surface area contributed by atoms with Gasteiger partial charge < -0.3 is 32.6 Å². The van der Waals surface area contributed by atoms with Crippen LogP contribution < -0.4 is 4.89 Å². The fraction of sp³-hybridized carbons (Fsp3) is 0.696. The Labute approximate surface area is 346 Å². The second-order valence-electron chi connectivity index (χ2n) is 15.7. The Morgan fingerprint density at radius 2 is 1.23 bits per heavy atom. The molecule has 10 nitrogen and oxygen atoms in total. The number of hydrogen-bond acceptors (Lipinski definition) is 9. The largest absolute Gasteiger partial charge is 0.756 e. The number of likely N-dealkylation sites (N-methyl/N-ethyl adjacent to an activating group) is 1. The molecule has 0 spiro atoms. The van der Waals surface area contributed by atoms with Gasteiger partial charge in [-0.3, -0.25) is 14.2 Å². The summed E-state index contributed by atoms with van der Waals surface area (Å²) >= 11 is 0. The third kappa shape index (κ3) is 35.1. The molecule has 1 rings (SSSR count). The van der Waals surface area contributed by atoms with Gasteiger partial charge in [-0.05, 0) is 83.5 Å². The van der Waals surface area contributed by atoms with E-state index >= 15 is 0 Å². The van der Waals surface area contributed by atoms with E-state index in [1.54, 1.807) is 0 Å². The number of ether oxygens (including phenoxy) is 3. The number of esters is 2. The maximum Gasteiger partial charge on any atom is 0.306 e. The van der Waals surface area contributed by atoms with E-state index in [4.69, 9.17) is 23.3 Å². The minimum absolute atomic E-state index is 0.0505. The maximum absolute atomic E-state index is 12.7. The molecule has 1 saturated heterocycles. The molecule has 0 aromatic heterocycles. The molecule has 0 aromatic rings. The van der Waals surface area contributed by atoms with Gasteiger partial charge in [-0.25, -0.2) is 0 Å². The Hall–Kier alpha value is -2.59. The number of quaternary nitrogens is 1. The number of carbonyl (C=O) groups is 2. The molecule has 1 aliphatic rings. The molecule has 11 heteroatoms. The smallest absolute Gasteiger partial charge is 0.306 e. The van der Waals surface area contributed by atoms with Crippen LogP contribution in [0.4, 0.5) is 0 Å².